The Labute approximate surface area is 369 Å². The monoisotopic (exact) mass is 903 g/mol. The van der Waals surface area contributed by atoms with Gasteiger partial charge in [-0.05, 0) is 65.6 Å². The Bertz CT molecular complexity index is 2850. The van der Waals surface area contributed by atoms with Crippen LogP contribution in [0, 0.1) is 6.92 Å². The molecular weight excluding hydrogens is 856 g/mol. The van der Waals surface area contributed by atoms with Crippen molar-refractivity contribution in [2.45, 2.75) is 45.6 Å². The van der Waals surface area contributed by atoms with Crippen molar-refractivity contribution in [3.05, 3.63) is 172 Å². The van der Waals surface area contributed by atoms with Crippen LogP contribution < -0.4 is 53.9 Å². The number of benzene rings is 4. The standard InChI is InChI=1S/C23H22F3N3O5.C13H16N4O3.C9H10O2/c1-28-20(27)19(12-16(30)10-15-4-3-5-18(11-15)34-23(24,25)26)21(31)29(22(28)32)13-14-6-8-17(33-2)9-7-14;1-16-11(15)10(14)12(18)17(13(16)19)7-8-3-5-9(20-2)6-4-8;1-7-3-2-4-8(5-7)6-9(10)11/h3-9,11H,10,12-13,27H2,1-2H3;3-6H,7,14-15H2,1-2H3;2-5H,6H2,1H3,(H,10,11). The molecule has 0 atom stereocenters. The highest BCUT2D eigenvalue weighted by atomic mass is 19.4. The second-order valence-corrected chi connectivity index (χ2v) is 14.5. The smallest absolute Gasteiger partial charge is 0.497 e. The summed E-state index contributed by atoms with van der Waals surface area (Å²) in [7, 11) is 5.93. The van der Waals surface area contributed by atoms with E-state index >= 15 is 0 Å². The fraction of sp³-hybridized carbons (Fsp3) is 0.244. The molecule has 0 saturated heterocycles. The lowest BCUT2D eigenvalue weighted by molar-refractivity contribution is -0.274. The van der Waals surface area contributed by atoms with Crippen LogP contribution in [-0.4, -0.2) is 55.7 Å². The quantitative estimate of drug-likeness (QED) is 0.129. The summed E-state index contributed by atoms with van der Waals surface area (Å²) in [6.07, 6.45) is -5.40. The van der Waals surface area contributed by atoms with E-state index < -0.39 is 52.8 Å². The zero-order chi connectivity index (χ0) is 48.2. The molecule has 2 aromatic heterocycles. The summed E-state index contributed by atoms with van der Waals surface area (Å²) in [6, 6.07) is 26.3. The number of anilines is 3. The first kappa shape index (κ1) is 49.6. The number of nitrogens with zero attached hydrogens (tertiary/aromatic N) is 4. The van der Waals surface area contributed by atoms with Gasteiger partial charge in [-0.3, -0.25) is 37.4 Å². The van der Waals surface area contributed by atoms with E-state index in [0.717, 1.165) is 47.1 Å². The first-order chi connectivity index (χ1) is 30.6. The van der Waals surface area contributed by atoms with Crippen LogP contribution in [0.25, 0.3) is 0 Å². The first-order valence-corrected chi connectivity index (χ1v) is 19.4. The molecule has 0 unspecified atom stereocenters. The third kappa shape index (κ3) is 13.7. The molecule has 0 bridgehead atoms. The number of carboxylic acid groups (broad SMARTS) is 1. The maximum Gasteiger partial charge on any atom is 0.573 e. The molecule has 4 aromatic carbocycles. The molecule has 2 heterocycles. The number of nitrogen functional groups attached to an aromatic ring is 3. The molecule has 0 amide bonds. The lowest BCUT2D eigenvalue weighted by atomic mass is 10.0. The van der Waals surface area contributed by atoms with Crippen LogP contribution in [0.3, 0.4) is 0 Å². The minimum atomic E-state index is -4.86. The first-order valence-electron chi connectivity index (χ1n) is 19.4. The van der Waals surface area contributed by atoms with E-state index in [2.05, 4.69) is 4.74 Å². The molecule has 6 rings (SSSR count). The SMILES string of the molecule is COc1ccc(Cn2c(=O)c(CC(=O)Cc3cccc(OC(F)(F)F)c3)c(N)n(C)c2=O)cc1.COc1ccc(Cn2c(=O)c(N)c(N)n(C)c2=O)cc1.Cc1cccc(CC(=O)O)c1. The van der Waals surface area contributed by atoms with Gasteiger partial charge in [0, 0.05) is 26.9 Å². The molecule has 0 aliphatic heterocycles. The van der Waals surface area contributed by atoms with Crippen LogP contribution in [-0.2, 0) is 56.0 Å². The van der Waals surface area contributed by atoms with Crippen molar-refractivity contribution in [3.8, 4) is 17.2 Å². The number of carbonyl (C=O) groups is 2. The molecule has 0 aliphatic carbocycles. The van der Waals surface area contributed by atoms with E-state index in [4.69, 9.17) is 31.8 Å². The van der Waals surface area contributed by atoms with Crippen molar-refractivity contribution in [1.29, 1.82) is 0 Å². The van der Waals surface area contributed by atoms with E-state index in [0.29, 0.717) is 17.1 Å². The van der Waals surface area contributed by atoms with Gasteiger partial charge in [0.2, 0.25) is 0 Å². The molecule has 6 aromatic rings. The molecule has 0 aliphatic rings. The third-order valence-electron chi connectivity index (χ3n) is 9.67. The largest absolute Gasteiger partial charge is 0.573 e. The summed E-state index contributed by atoms with van der Waals surface area (Å²) in [6.45, 7) is 2.03. The number of alkyl halides is 3. The normalized spacial score (nSPS) is 10.8. The number of aromatic nitrogens is 4. The number of hydrogen-bond donors (Lipinski definition) is 4. The number of ether oxygens (including phenoxy) is 3. The maximum atomic E-state index is 13.0. The van der Waals surface area contributed by atoms with Gasteiger partial charge in [-0.2, -0.15) is 0 Å². The van der Waals surface area contributed by atoms with Crippen LogP contribution >= 0.6 is 0 Å². The topological polar surface area (TPSA) is 248 Å². The van der Waals surface area contributed by atoms with Gasteiger partial charge in [0.25, 0.3) is 11.1 Å². The molecule has 344 valence electrons. The van der Waals surface area contributed by atoms with E-state index in [-0.39, 0.29) is 54.4 Å². The van der Waals surface area contributed by atoms with Crippen molar-refractivity contribution < 1.29 is 42.1 Å². The number of methoxy groups -OCH3 is 2. The van der Waals surface area contributed by atoms with Crippen molar-refractivity contribution in [2.24, 2.45) is 14.1 Å². The Hall–Kier alpha value is -8.03. The Morgan fingerprint density at radius 3 is 1.57 bits per heavy atom. The second kappa shape index (κ2) is 21.9. The van der Waals surface area contributed by atoms with Crippen molar-refractivity contribution in [3.63, 3.8) is 0 Å². The summed E-state index contributed by atoms with van der Waals surface area (Å²) in [5.41, 5.74) is 18.2. The predicted octanol–water partition coefficient (Wildman–Crippen LogP) is 3.83. The van der Waals surface area contributed by atoms with Crippen LogP contribution in [0.2, 0.25) is 0 Å². The molecule has 20 heteroatoms. The van der Waals surface area contributed by atoms with Crippen LogP contribution in [0.5, 0.6) is 17.2 Å². The zero-order valence-corrected chi connectivity index (χ0v) is 36.0. The van der Waals surface area contributed by atoms with Gasteiger partial charge in [-0.25, -0.2) is 9.59 Å². The van der Waals surface area contributed by atoms with Gasteiger partial charge >= 0.3 is 23.7 Å². The number of carboxylic acids is 1. The van der Waals surface area contributed by atoms with Crippen LogP contribution in [0.1, 0.15) is 33.4 Å². The lowest BCUT2D eigenvalue weighted by Gasteiger charge is -2.14. The van der Waals surface area contributed by atoms with Crippen molar-refractivity contribution in [1.82, 2.24) is 18.3 Å². The molecule has 65 heavy (non-hydrogen) atoms. The minimum Gasteiger partial charge on any atom is -0.497 e. The second-order valence-electron chi connectivity index (χ2n) is 14.5. The number of hydrogen-bond acceptors (Lipinski definition) is 12. The number of rotatable bonds is 13. The third-order valence-corrected chi connectivity index (χ3v) is 9.67. The molecule has 7 N–H and O–H groups in total. The molecular formula is C45H48F3N7O10. The number of aliphatic carboxylic acids is 1. The van der Waals surface area contributed by atoms with Gasteiger partial charge in [0.1, 0.15) is 40.4 Å². The zero-order valence-electron chi connectivity index (χ0n) is 36.0. The number of Topliss-reactive ketones (excluding diaryl/α,β-unsaturated/α-hetero) is 1. The summed E-state index contributed by atoms with van der Waals surface area (Å²) in [5, 5.41) is 8.46. The molecule has 0 spiro atoms. The molecule has 0 fully saturated rings. The van der Waals surface area contributed by atoms with E-state index in [1.54, 1.807) is 55.6 Å². The summed E-state index contributed by atoms with van der Waals surface area (Å²) in [5.74, 6) is -0.572. The van der Waals surface area contributed by atoms with Gasteiger partial charge in [-0.1, -0.05) is 66.2 Å². The highest BCUT2D eigenvalue weighted by molar-refractivity contribution is 5.84. The van der Waals surface area contributed by atoms with Gasteiger partial charge in [0.05, 0.1) is 39.3 Å². The fourth-order valence-corrected chi connectivity index (χ4v) is 6.26. The summed E-state index contributed by atoms with van der Waals surface area (Å²) in [4.78, 5) is 72.7. The Morgan fingerprint density at radius 1 is 0.615 bits per heavy atom. The van der Waals surface area contributed by atoms with E-state index in [9.17, 15) is 41.9 Å². The number of nitrogens with two attached hydrogens (primary N) is 3. The predicted molar refractivity (Wildman–Crippen MR) is 237 cm³/mol. The van der Waals surface area contributed by atoms with Gasteiger partial charge < -0.3 is 36.5 Å². The van der Waals surface area contributed by atoms with Crippen LogP contribution in [0.15, 0.2) is 116 Å². The Morgan fingerprint density at radius 2 is 1.09 bits per heavy atom. The van der Waals surface area contributed by atoms with Crippen molar-refractivity contribution >= 4 is 29.1 Å². The minimum absolute atomic E-state index is 0.0222. The van der Waals surface area contributed by atoms with Crippen LogP contribution in [0.4, 0.5) is 30.5 Å². The summed E-state index contributed by atoms with van der Waals surface area (Å²) >= 11 is 0. The highest BCUT2D eigenvalue weighted by Gasteiger charge is 2.31. The van der Waals surface area contributed by atoms with E-state index in [1.807, 2.05) is 31.2 Å². The lowest BCUT2D eigenvalue weighted by Crippen LogP contribution is -2.42. The number of halogens is 3. The molecule has 17 nitrogen and oxygen atoms in total. The van der Waals surface area contributed by atoms with Gasteiger partial charge in [-0.15, -0.1) is 13.2 Å². The van der Waals surface area contributed by atoms with Gasteiger partial charge in [0.15, 0.2) is 0 Å². The van der Waals surface area contributed by atoms with E-state index in [1.165, 1.54) is 33.3 Å². The highest BCUT2D eigenvalue weighted by Crippen LogP contribution is 2.24. The molecule has 0 radical (unpaired) electrons. The number of ketones is 1. The summed E-state index contributed by atoms with van der Waals surface area (Å²) < 4.78 is 55.6. The Balaban J connectivity index is 0.000000249. The maximum absolute atomic E-state index is 13.0. The Kier molecular flexibility index (Phi) is 16.7. The average molecular weight is 904 g/mol. The molecule has 0 saturated carbocycles. The number of carbonyl (C=O) groups excluding carboxylic acids is 1. The van der Waals surface area contributed by atoms with Crippen molar-refractivity contribution in [2.75, 3.05) is 31.4 Å². The average Bonchev–Trinajstić information content (AvgIpc) is 3.26. The number of aryl methyl sites for hydroxylation is 1. The fourth-order valence-electron chi connectivity index (χ4n) is 6.26.